The second-order valence-corrected chi connectivity index (χ2v) is 6.04. The Bertz CT molecular complexity index is 814. The third-order valence-corrected chi connectivity index (χ3v) is 4.01. The number of benzene rings is 2. The summed E-state index contributed by atoms with van der Waals surface area (Å²) < 4.78 is 43.5. The van der Waals surface area contributed by atoms with Crippen LogP contribution in [0.2, 0.25) is 0 Å². The van der Waals surface area contributed by atoms with E-state index < -0.39 is 11.7 Å². The van der Waals surface area contributed by atoms with Gasteiger partial charge in [-0.3, -0.25) is 0 Å². The van der Waals surface area contributed by atoms with Crippen LogP contribution in [-0.2, 0) is 19.1 Å². The van der Waals surface area contributed by atoms with Gasteiger partial charge in [-0.15, -0.1) is 24.0 Å². The van der Waals surface area contributed by atoms with E-state index in [0.29, 0.717) is 36.8 Å². The van der Waals surface area contributed by atoms with Crippen molar-refractivity contribution < 1.29 is 23.0 Å². The molecule has 2 aromatic rings. The van der Waals surface area contributed by atoms with E-state index in [4.69, 9.17) is 4.74 Å². The van der Waals surface area contributed by atoms with Gasteiger partial charge < -0.3 is 20.5 Å². The Morgan fingerprint density at radius 3 is 2.52 bits per heavy atom. The molecule has 0 saturated carbocycles. The summed E-state index contributed by atoms with van der Waals surface area (Å²) in [5.41, 5.74) is 0.504. The van der Waals surface area contributed by atoms with Gasteiger partial charge in [-0.1, -0.05) is 24.3 Å². The molecule has 0 aliphatic carbocycles. The van der Waals surface area contributed by atoms with Crippen molar-refractivity contribution >= 4 is 29.9 Å². The molecular weight excluding hydrogens is 498 g/mol. The van der Waals surface area contributed by atoms with E-state index in [9.17, 15) is 18.3 Å². The molecule has 2 rings (SSSR count). The predicted molar refractivity (Wildman–Crippen MR) is 118 cm³/mol. The van der Waals surface area contributed by atoms with Gasteiger partial charge in [0.05, 0.1) is 19.2 Å². The summed E-state index contributed by atoms with van der Waals surface area (Å²) in [6, 6.07) is 10.4. The Hall–Kier alpha value is -2.17. The molecule has 0 aromatic heterocycles. The monoisotopic (exact) mass is 523 g/mol. The van der Waals surface area contributed by atoms with Crippen LogP contribution >= 0.6 is 24.0 Å². The van der Waals surface area contributed by atoms with Gasteiger partial charge in [-0.05, 0) is 42.7 Å². The highest BCUT2D eigenvalue weighted by Gasteiger charge is 2.30. The highest BCUT2D eigenvalue weighted by molar-refractivity contribution is 14.0. The lowest BCUT2D eigenvalue weighted by molar-refractivity contribution is -0.137. The van der Waals surface area contributed by atoms with Crippen LogP contribution in [-0.4, -0.2) is 31.3 Å². The van der Waals surface area contributed by atoms with Gasteiger partial charge in [0, 0.05) is 13.1 Å². The molecule has 9 heteroatoms. The van der Waals surface area contributed by atoms with Crippen molar-refractivity contribution in [2.24, 2.45) is 4.99 Å². The number of hydrogen-bond acceptors (Lipinski definition) is 3. The lowest BCUT2D eigenvalue weighted by Gasteiger charge is -2.13. The number of para-hydroxylation sites is 1. The maximum Gasteiger partial charge on any atom is 0.416 e. The molecule has 29 heavy (non-hydrogen) atoms. The normalized spacial score (nSPS) is 11.6. The molecule has 0 spiro atoms. The van der Waals surface area contributed by atoms with Crippen molar-refractivity contribution in [1.82, 2.24) is 10.6 Å². The number of nitrogens with one attached hydrogen (secondary N) is 2. The van der Waals surface area contributed by atoms with Gasteiger partial charge in [0.2, 0.25) is 0 Å². The first-order valence-corrected chi connectivity index (χ1v) is 8.88. The van der Waals surface area contributed by atoms with E-state index in [1.165, 1.54) is 13.2 Å². The molecule has 3 N–H and O–H groups in total. The van der Waals surface area contributed by atoms with E-state index in [1.54, 1.807) is 24.3 Å². The fraction of sp³-hybridized carbons (Fsp3) is 0.350. The fourth-order valence-electron chi connectivity index (χ4n) is 2.61. The second kappa shape index (κ2) is 11.7. The van der Waals surface area contributed by atoms with Gasteiger partial charge in [-0.25, -0.2) is 4.99 Å². The average molecular weight is 523 g/mol. The molecule has 0 bridgehead atoms. The topological polar surface area (TPSA) is 65.9 Å². The van der Waals surface area contributed by atoms with Crippen LogP contribution in [0.5, 0.6) is 11.5 Å². The van der Waals surface area contributed by atoms with E-state index in [2.05, 4.69) is 15.6 Å². The SMILES string of the molecule is CCNC(=NCc1cccc(C(F)(F)F)c1)NCCc1cccc(OC)c1O.I. The zero-order chi connectivity index (χ0) is 20.6. The number of halogens is 4. The van der Waals surface area contributed by atoms with Crippen LogP contribution in [0.4, 0.5) is 13.2 Å². The molecule has 0 heterocycles. The zero-order valence-electron chi connectivity index (χ0n) is 16.2. The van der Waals surface area contributed by atoms with Crippen LogP contribution in [0.15, 0.2) is 47.5 Å². The largest absolute Gasteiger partial charge is 0.504 e. The van der Waals surface area contributed by atoms with E-state index >= 15 is 0 Å². The second-order valence-electron chi connectivity index (χ2n) is 6.04. The van der Waals surface area contributed by atoms with E-state index in [1.807, 2.05) is 6.92 Å². The number of phenolic OH excluding ortho intramolecular Hbond substituents is 1. The Morgan fingerprint density at radius 2 is 1.86 bits per heavy atom. The molecule has 0 fully saturated rings. The number of ether oxygens (including phenoxy) is 1. The molecule has 5 nitrogen and oxygen atoms in total. The lowest BCUT2D eigenvalue weighted by Crippen LogP contribution is -2.38. The number of aliphatic imine (C=N–C) groups is 1. The van der Waals surface area contributed by atoms with Gasteiger partial charge in [-0.2, -0.15) is 13.2 Å². The van der Waals surface area contributed by atoms with Crippen LogP contribution in [0.3, 0.4) is 0 Å². The van der Waals surface area contributed by atoms with Crippen molar-refractivity contribution in [2.45, 2.75) is 26.1 Å². The standard InChI is InChI=1S/C20H24F3N3O2.HI/c1-3-24-19(25-11-10-15-7-5-9-17(28-2)18(15)27)26-13-14-6-4-8-16(12-14)20(21,22)23;/h4-9,12,27H,3,10-11,13H2,1-2H3,(H2,24,25,26);1H. The molecule has 0 aliphatic heterocycles. The summed E-state index contributed by atoms with van der Waals surface area (Å²) in [7, 11) is 1.49. The Kier molecular flexibility index (Phi) is 10.1. The third kappa shape index (κ3) is 7.64. The predicted octanol–water partition coefficient (Wildman–Crippen LogP) is 4.34. The smallest absolute Gasteiger partial charge is 0.416 e. The quantitative estimate of drug-likeness (QED) is 0.287. The van der Waals surface area contributed by atoms with Crippen molar-refractivity contribution in [3.8, 4) is 11.5 Å². The molecule has 0 radical (unpaired) electrons. The summed E-state index contributed by atoms with van der Waals surface area (Å²) in [6.45, 7) is 3.10. The molecule has 2 aromatic carbocycles. The first-order chi connectivity index (χ1) is 13.3. The summed E-state index contributed by atoms with van der Waals surface area (Å²) >= 11 is 0. The first kappa shape index (κ1) is 24.9. The van der Waals surface area contributed by atoms with Crippen LogP contribution in [0, 0.1) is 0 Å². The number of aromatic hydroxyl groups is 1. The first-order valence-electron chi connectivity index (χ1n) is 8.88. The number of phenols is 1. The third-order valence-electron chi connectivity index (χ3n) is 4.01. The molecule has 0 amide bonds. The number of rotatable bonds is 7. The van der Waals surface area contributed by atoms with Gasteiger partial charge >= 0.3 is 6.18 Å². The molecule has 160 valence electrons. The minimum absolute atomic E-state index is 0. The lowest BCUT2D eigenvalue weighted by atomic mass is 10.1. The Morgan fingerprint density at radius 1 is 1.14 bits per heavy atom. The number of methoxy groups -OCH3 is 1. The summed E-state index contributed by atoms with van der Waals surface area (Å²) in [6.07, 6.45) is -3.85. The molecule has 0 atom stereocenters. The summed E-state index contributed by atoms with van der Waals surface area (Å²) in [5, 5.41) is 16.3. The van der Waals surface area contributed by atoms with Crippen LogP contribution in [0.1, 0.15) is 23.6 Å². The minimum Gasteiger partial charge on any atom is -0.504 e. The van der Waals surface area contributed by atoms with Gasteiger partial charge in [0.25, 0.3) is 0 Å². The van der Waals surface area contributed by atoms with Crippen LogP contribution < -0.4 is 15.4 Å². The van der Waals surface area contributed by atoms with Crippen molar-refractivity contribution in [3.05, 3.63) is 59.2 Å². The molecule has 0 unspecified atom stereocenters. The highest BCUT2D eigenvalue weighted by atomic mass is 127. The van der Waals surface area contributed by atoms with Crippen molar-refractivity contribution in [2.75, 3.05) is 20.2 Å². The Balaban J connectivity index is 0.00000420. The number of alkyl halides is 3. The number of guanidine groups is 1. The van der Waals surface area contributed by atoms with E-state index in [-0.39, 0.29) is 36.3 Å². The van der Waals surface area contributed by atoms with Crippen molar-refractivity contribution in [1.29, 1.82) is 0 Å². The molecule has 0 saturated heterocycles. The minimum atomic E-state index is -4.37. The summed E-state index contributed by atoms with van der Waals surface area (Å²) in [4.78, 5) is 4.33. The number of nitrogens with zero attached hydrogens (tertiary/aromatic N) is 1. The highest BCUT2D eigenvalue weighted by Crippen LogP contribution is 2.30. The zero-order valence-corrected chi connectivity index (χ0v) is 18.5. The number of hydrogen-bond donors (Lipinski definition) is 3. The van der Waals surface area contributed by atoms with Gasteiger partial charge in [0.1, 0.15) is 0 Å². The fourth-order valence-corrected chi connectivity index (χ4v) is 2.61. The Labute approximate surface area is 185 Å². The van der Waals surface area contributed by atoms with Crippen molar-refractivity contribution in [3.63, 3.8) is 0 Å². The van der Waals surface area contributed by atoms with E-state index in [0.717, 1.165) is 17.7 Å². The van der Waals surface area contributed by atoms with Gasteiger partial charge in [0.15, 0.2) is 17.5 Å². The maximum atomic E-state index is 12.8. The average Bonchev–Trinajstić information content (AvgIpc) is 2.67. The summed E-state index contributed by atoms with van der Waals surface area (Å²) in [5.74, 6) is 0.989. The van der Waals surface area contributed by atoms with Crippen LogP contribution in [0.25, 0.3) is 0 Å². The molecule has 0 aliphatic rings. The molecular formula is C20H25F3IN3O2. The maximum absolute atomic E-state index is 12.8.